The molecule has 0 spiro atoms. The summed E-state index contributed by atoms with van der Waals surface area (Å²) in [4.78, 5) is 14.7. The van der Waals surface area contributed by atoms with Gasteiger partial charge in [-0.1, -0.05) is 75.1 Å². The average molecular weight is 373 g/mol. The summed E-state index contributed by atoms with van der Waals surface area (Å²) in [5.74, 6) is 0.0582. The Bertz CT molecular complexity index is 553. The Morgan fingerprint density at radius 2 is 1.85 bits per heavy atom. The highest BCUT2D eigenvalue weighted by Gasteiger charge is 2.23. The van der Waals surface area contributed by atoms with Crippen molar-refractivity contribution in [1.29, 1.82) is 0 Å². The number of carbonyl (C=O) groups excluding carboxylic acids is 1. The molecule has 0 aliphatic carbocycles. The fourth-order valence-corrected chi connectivity index (χ4v) is 3.56. The summed E-state index contributed by atoms with van der Waals surface area (Å²) >= 11 is 0. The molecular weight excluding hydrogens is 336 g/mol. The summed E-state index contributed by atoms with van der Waals surface area (Å²) in [6, 6.07) is 9.69. The zero-order valence-corrected chi connectivity index (χ0v) is 16.8. The molecule has 1 heterocycles. The van der Waals surface area contributed by atoms with Crippen LogP contribution < -0.4 is 5.32 Å². The van der Waals surface area contributed by atoms with Crippen molar-refractivity contribution in [2.75, 3.05) is 19.6 Å². The lowest BCUT2D eigenvalue weighted by molar-refractivity contribution is -0.122. The fraction of sp³-hybridized carbons (Fsp3) is 0.609. The zero-order chi connectivity index (χ0) is 19.3. The van der Waals surface area contributed by atoms with E-state index in [9.17, 15) is 9.90 Å². The Hall–Kier alpha value is -1.65. The minimum atomic E-state index is -0.685. The second-order valence-electron chi connectivity index (χ2n) is 7.61. The van der Waals surface area contributed by atoms with Crippen LogP contribution in [0.4, 0.5) is 0 Å². The largest absolute Gasteiger partial charge is 0.387 e. The molecule has 2 atom stereocenters. The van der Waals surface area contributed by atoms with Gasteiger partial charge in [-0.05, 0) is 37.9 Å². The van der Waals surface area contributed by atoms with E-state index in [1.165, 1.54) is 32.1 Å². The van der Waals surface area contributed by atoms with Gasteiger partial charge in [-0.15, -0.1) is 0 Å². The number of benzene rings is 1. The van der Waals surface area contributed by atoms with Crippen molar-refractivity contribution in [3.63, 3.8) is 0 Å². The molecule has 0 unspecified atom stereocenters. The molecule has 1 aliphatic heterocycles. The molecular formula is C23H36N2O2. The summed E-state index contributed by atoms with van der Waals surface area (Å²) in [7, 11) is 0. The van der Waals surface area contributed by atoms with Crippen LogP contribution in [0.3, 0.4) is 0 Å². The standard InChI is InChI=1S/C23H36N2O2/c1-2-3-4-5-9-14-23(27)24-21(19-25-17-10-11-18-25)22(26)16-15-20-12-7-6-8-13-20/h6-8,12-13,15-16,21-22,26H,2-5,9-11,14,17-19H2,1H3,(H,24,27)/b16-15+/t21-,22-/m1/s1. The Morgan fingerprint density at radius 1 is 1.15 bits per heavy atom. The number of carbonyl (C=O) groups is 1. The molecule has 1 aliphatic rings. The summed E-state index contributed by atoms with van der Waals surface area (Å²) in [6.07, 6.45) is 11.7. The number of nitrogens with one attached hydrogen (secondary N) is 1. The van der Waals surface area contributed by atoms with Crippen molar-refractivity contribution < 1.29 is 9.90 Å². The first kappa shape index (κ1) is 21.6. The molecule has 0 aromatic heterocycles. The van der Waals surface area contributed by atoms with Crippen LogP contribution in [0.2, 0.25) is 0 Å². The number of unbranched alkanes of at least 4 members (excludes halogenated alkanes) is 4. The van der Waals surface area contributed by atoms with Crippen molar-refractivity contribution in [2.24, 2.45) is 0 Å². The van der Waals surface area contributed by atoms with Crippen LogP contribution in [0.25, 0.3) is 6.08 Å². The first-order valence-electron chi connectivity index (χ1n) is 10.6. The summed E-state index contributed by atoms with van der Waals surface area (Å²) in [6.45, 7) is 5.01. The van der Waals surface area contributed by atoms with Crippen LogP contribution in [-0.2, 0) is 4.79 Å². The molecule has 4 heteroatoms. The number of likely N-dealkylation sites (tertiary alicyclic amines) is 1. The molecule has 1 aromatic rings. The van der Waals surface area contributed by atoms with Crippen molar-refractivity contribution in [3.8, 4) is 0 Å². The van der Waals surface area contributed by atoms with Gasteiger partial charge in [0.2, 0.25) is 5.91 Å². The van der Waals surface area contributed by atoms with Crippen LogP contribution in [0.15, 0.2) is 36.4 Å². The van der Waals surface area contributed by atoms with Crippen LogP contribution in [-0.4, -0.2) is 47.7 Å². The normalized spacial score (nSPS) is 17.3. The molecule has 150 valence electrons. The summed E-state index contributed by atoms with van der Waals surface area (Å²) in [5.41, 5.74) is 1.05. The highest BCUT2D eigenvalue weighted by Crippen LogP contribution is 2.12. The van der Waals surface area contributed by atoms with Gasteiger partial charge in [-0.3, -0.25) is 4.79 Å². The molecule has 1 amide bonds. The van der Waals surface area contributed by atoms with Gasteiger partial charge in [0.25, 0.3) is 0 Å². The molecule has 27 heavy (non-hydrogen) atoms. The van der Waals surface area contributed by atoms with Gasteiger partial charge in [0.1, 0.15) is 0 Å². The van der Waals surface area contributed by atoms with Crippen molar-refractivity contribution in [1.82, 2.24) is 10.2 Å². The van der Waals surface area contributed by atoms with Crippen LogP contribution >= 0.6 is 0 Å². The highest BCUT2D eigenvalue weighted by atomic mass is 16.3. The topological polar surface area (TPSA) is 52.6 Å². The van der Waals surface area contributed by atoms with Gasteiger partial charge in [0, 0.05) is 13.0 Å². The minimum absolute atomic E-state index is 0.0582. The van der Waals surface area contributed by atoms with E-state index in [0.29, 0.717) is 13.0 Å². The number of rotatable bonds is 12. The lowest BCUT2D eigenvalue weighted by Crippen LogP contribution is -2.49. The predicted octanol–water partition coefficient (Wildman–Crippen LogP) is 4.00. The quantitative estimate of drug-likeness (QED) is 0.545. The lowest BCUT2D eigenvalue weighted by atomic mass is 10.1. The first-order chi connectivity index (χ1) is 13.2. The smallest absolute Gasteiger partial charge is 0.220 e. The molecule has 1 fully saturated rings. The third kappa shape index (κ3) is 8.72. The molecule has 2 N–H and O–H groups in total. The van der Waals surface area contributed by atoms with Gasteiger partial charge < -0.3 is 15.3 Å². The monoisotopic (exact) mass is 372 g/mol. The molecule has 1 saturated heterocycles. The fourth-order valence-electron chi connectivity index (χ4n) is 3.56. The maximum atomic E-state index is 12.4. The summed E-state index contributed by atoms with van der Waals surface area (Å²) < 4.78 is 0. The molecule has 4 nitrogen and oxygen atoms in total. The van der Waals surface area contributed by atoms with E-state index in [-0.39, 0.29) is 11.9 Å². The predicted molar refractivity (Wildman–Crippen MR) is 112 cm³/mol. The average Bonchev–Trinajstić information content (AvgIpc) is 3.19. The minimum Gasteiger partial charge on any atom is -0.387 e. The number of nitrogens with zero attached hydrogens (tertiary/aromatic N) is 1. The molecule has 2 rings (SSSR count). The SMILES string of the molecule is CCCCCCCC(=O)N[C@H](CN1CCCC1)[C@H](O)/C=C/c1ccccc1. The van der Waals surface area contributed by atoms with Crippen molar-refractivity contribution in [2.45, 2.75) is 70.4 Å². The van der Waals surface area contributed by atoms with Gasteiger partial charge >= 0.3 is 0 Å². The molecule has 0 saturated carbocycles. The first-order valence-corrected chi connectivity index (χ1v) is 10.6. The van der Waals surface area contributed by atoms with E-state index in [1.54, 1.807) is 6.08 Å². The lowest BCUT2D eigenvalue weighted by Gasteiger charge is -2.27. The summed E-state index contributed by atoms with van der Waals surface area (Å²) in [5, 5.41) is 13.8. The number of aliphatic hydroxyl groups is 1. The Balaban J connectivity index is 1.87. The van der Waals surface area contributed by atoms with Gasteiger partial charge in [-0.25, -0.2) is 0 Å². The van der Waals surface area contributed by atoms with Gasteiger partial charge in [0.05, 0.1) is 12.1 Å². The molecule has 0 radical (unpaired) electrons. The number of hydrogen-bond acceptors (Lipinski definition) is 3. The third-order valence-electron chi connectivity index (χ3n) is 5.21. The third-order valence-corrected chi connectivity index (χ3v) is 5.21. The number of aliphatic hydroxyl groups excluding tert-OH is 1. The van der Waals surface area contributed by atoms with Crippen LogP contribution in [0, 0.1) is 0 Å². The molecule has 0 bridgehead atoms. The second-order valence-corrected chi connectivity index (χ2v) is 7.61. The Labute approximate surface area is 164 Å². The van der Waals surface area contributed by atoms with E-state index < -0.39 is 6.10 Å². The van der Waals surface area contributed by atoms with E-state index in [0.717, 1.165) is 31.5 Å². The van der Waals surface area contributed by atoms with E-state index >= 15 is 0 Å². The van der Waals surface area contributed by atoms with Gasteiger partial charge in [-0.2, -0.15) is 0 Å². The second kappa shape index (κ2) is 12.7. The highest BCUT2D eigenvalue weighted by molar-refractivity contribution is 5.76. The van der Waals surface area contributed by atoms with E-state index in [1.807, 2.05) is 36.4 Å². The number of hydrogen-bond donors (Lipinski definition) is 2. The van der Waals surface area contributed by atoms with E-state index in [4.69, 9.17) is 0 Å². The van der Waals surface area contributed by atoms with Crippen molar-refractivity contribution in [3.05, 3.63) is 42.0 Å². The maximum Gasteiger partial charge on any atom is 0.220 e. The van der Waals surface area contributed by atoms with E-state index in [2.05, 4.69) is 17.1 Å². The maximum absolute atomic E-state index is 12.4. The van der Waals surface area contributed by atoms with Crippen LogP contribution in [0.1, 0.15) is 63.9 Å². The van der Waals surface area contributed by atoms with Gasteiger partial charge in [0.15, 0.2) is 0 Å². The Kier molecular flexibility index (Phi) is 10.2. The zero-order valence-electron chi connectivity index (χ0n) is 16.8. The number of amides is 1. The Morgan fingerprint density at radius 3 is 2.56 bits per heavy atom. The molecule has 1 aromatic carbocycles. The van der Waals surface area contributed by atoms with Crippen LogP contribution in [0.5, 0.6) is 0 Å². The van der Waals surface area contributed by atoms with Crippen molar-refractivity contribution >= 4 is 12.0 Å².